The molecule has 4 amide bonds. The number of hydrogen-bond donors (Lipinski definition) is 2. The Bertz CT molecular complexity index is 2810. The number of hydrazine groups is 1. The number of halogens is 2. The number of aromatic hydroxyl groups is 1. The van der Waals surface area contributed by atoms with Crippen LogP contribution < -0.4 is 19.8 Å². The number of ether oxygens (including phenoxy) is 2. The zero-order chi connectivity index (χ0) is 42.3. The van der Waals surface area contributed by atoms with E-state index in [1.165, 1.54) is 31.3 Å². The SMILES string of the molecule is COc1ccc(C23C(=O)N(Nc4ccc(Cl)cc4Cl)C(=O)C2CC2C(=CCC4C(=O)N(c5ccc(-c6nc7ccccc7o6)cc5)C(=O)C42)C3c2cc(OC)ccc2O)cc1. The molecule has 6 aromatic rings. The number of benzene rings is 5. The molecule has 1 aromatic heterocycles. The fourth-order valence-corrected chi connectivity index (χ4v) is 10.5. The number of hydrogen-bond acceptors (Lipinski definition) is 10. The fourth-order valence-electron chi connectivity index (χ4n) is 10.1. The largest absolute Gasteiger partial charge is 0.508 e. The summed E-state index contributed by atoms with van der Waals surface area (Å²) in [6, 6.07) is 30.7. The number of phenolic OH excluding ortho intramolecular Hbond substituents is 1. The zero-order valence-electron chi connectivity index (χ0n) is 32.7. The van der Waals surface area contributed by atoms with E-state index in [9.17, 15) is 14.7 Å². The molecule has 61 heavy (non-hydrogen) atoms. The summed E-state index contributed by atoms with van der Waals surface area (Å²) in [5.41, 5.74) is 5.47. The second-order valence-corrected chi connectivity index (χ2v) is 16.5. The first-order chi connectivity index (χ1) is 29.5. The predicted octanol–water partition coefficient (Wildman–Crippen LogP) is 8.71. The van der Waals surface area contributed by atoms with E-state index < -0.39 is 52.7 Å². The third-order valence-corrected chi connectivity index (χ3v) is 13.3. The summed E-state index contributed by atoms with van der Waals surface area (Å²) in [6.07, 6.45) is 2.15. The number of imide groups is 2. The van der Waals surface area contributed by atoms with Crippen LogP contribution in [0.15, 0.2) is 125 Å². The molecule has 6 unspecified atom stereocenters. The molecule has 2 saturated heterocycles. The Morgan fingerprint density at radius 3 is 2.28 bits per heavy atom. The lowest BCUT2D eigenvalue weighted by atomic mass is 9.49. The smallest absolute Gasteiger partial charge is 0.260 e. The van der Waals surface area contributed by atoms with Crippen LogP contribution in [0.25, 0.3) is 22.6 Å². The molecule has 3 heterocycles. The number of methoxy groups -OCH3 is 2. The van der Waals surface area contributed by atoms with Gasteiger partial charge in [-0.25, -0.2) is 4.98 Å². The van der Waals surface area contributed by atoms with Gasteiger partial charge in [-0.2, -0.15) is 5.01 Å². The van der Waals surface area contributed by atoms with Gasteiger partial charge in [-0.15, -0.1) is 0 Å². The van der Waals surface area contributed by atoms with Crippen molar-refractivity contribution in [2.45, 2.75) is 24.2 Å². The molecular weight excluding hydrogens is 819 g/mol. The van der Waals surface area contributed by atoms with Crippen molar-refractivity contribution in [3.05, 3.63) is 142 Å². The monoisotopic (exact) mass is 854 g/mol. The molecule has 4 aliphatic rings. The van der Waals surface area contributed by atoms with Gasteiger partial charge in [0.05, 0.1) is 53.8 Å². The number of amides is 4. The van der Waals surface area contributed by atoms with Gasteiger partial charge in [0.1, 0.15) is 22.8 Å². The van der Waals surface area contributed by atoms with Gasteiger partial charge in [-0.3, -0.25) is 29.5 Å². The normalized spacial score (nSPS) is 24.4. The Balaban J connectivity index is 1.10. The molecule has 5 aromatic carbocycles. The van der Waals surface area contributed by atoms with Crippen molar-refractivity contribution < 1.29 is 38.2 Å². The van der Waals surface area contributed by atoms with E-state index in [1.54, 1.807) is 72.8 Å². The van der Waals surface area contributed by atoms with Gasteiger partial charge in [0, 0.05) is 22.1 Å². The average Bonchev–Trinajstić information content (AvgIpc) is 3.89. The molecule has 10 rings (SSSR count). The van der Waals surface area contributed by atoms with Crippen LogP contribution in [0, 0.1) is 23.7 Å². The van der Waals surface area contributed by atoms with Crippen LogP contribution in [0.5, 0.6) is 17.2 Å². The molecule has 306 valence electrons. The number of carbonyl (C=O) groups excluding carboxylic acids is 4. The van der Waals surface area contributed by atoms with Crippen LogP contribution in [0.3, 0.4) is 0 Å². The highest BCUT2D eigenvalue weighted by molar-refractivity contribution is 6.36. The fraction of sp³-hybridized carbons (Fsp3) is 0.213. The van der Waals surface area contributed by atoms with E-state index in [-0.39, 0.29) is 35.2 Å². The Hall–Kier alpha value is -6.63. The van der Waals surface area contributed by atoms with Crippen LogP contribution in [-0.2, 0) is 24.6 Å². The van der Waals surface area contributed by atoms with Crippen LogP contribution in [0.4, 0.5) is 11.4 Å². The standard InChI is InChI=1S/C47H36Cl2N4O8/c1-59-28-14-9-25(10-15-28)47-34(44(56)53(46(47)58)51-36-19-11-26(48)21-35(36)49)23-32-30(41(47)33-22-29(60-2)16-20-38(33)54)17-18-31-40(32)45(57)52(43(31)55)27-12-7-24(8-13-27)42-50-37-5-3-4-6-39(37)61-42/h3-17,19-22,31-32,34,40-41,51,54H,18,23H2,1-2H3. The number of fused-ring (bicyclic) bond motifs is 5. The molecule has 3 fully saturated rings. The van der Waals surface area contributed by atoms with E-state index in [1.807, 2.05) is 30.3 Å². The second kappa shape index (κ2) is 14.5. The Morgan fingerprint density at radius 1 is 0.820 bits per heavy atom. The lowest BCUT2D eigenvalue weighted by Crippen LogP contribution is -2.53. The first kappa shape index (κ1) is 38.6. The van der Waals surface area contributed by atoms with Gasteiger partial charge in [0.15, 0.2) is 5.58 Å². The molecule has 0 radical (unpaired) electrons. The highest BCUT2D eigenvalue weighted by Crippen LogP contribution is 2.65. The third-order valence-electron chi connectivity index (χ3n) is 12.8. The van der Waals surface area contributed by atoms with Gasteiger partial charge in [0.2, 0.25) is 17.7 Å². The van der Waals surface area contributed by atoms with Gasteiger partial charge in [0.25, 0.3) is 11.8 Å². The van der Waals surface area contributed by atoms with Crippen molar-refractivity contribution in [3.8, 4) is 28.7 Å². The van der Waals surface area contributed by atoms with Crippen molar-refractivity contribution in [2.24, 2.45) is 23.7 Å². The molecule has 0 bridgehead atoms. The average molecular weight is 856 g/mol. The van der Waals surface area contributed by atoms with Crippen molar-refractivity contribution in [3.63, 3.8) is 0 Å². The maximum absolute atomic E-state index is 15.6. The van der Waals surface area contributed by atoms with Crippen LogP contribution >= 0.6 is 23.2 Å². The van der Waals surface area contributed by atoms with Crippen molar-refractivity contribution in [2.75, 3.05) is 24.5 Å². The first-order valence-electron chi connectivity index (χ1n) is 19.7. The number of phenols is 1. The Labute approximate surface area is 359 Å². The molecule has 12 nitrogen and oxygen atoms in total. The Morgan fingerprint density at radius 2 is 1.56 bits per heavy atom. The summed E-state index contributed by atoms with van der Waals surface area (Å²) in [6.45, 7) is 0. The molecular formula is C47H36Cl2N4O8. The number of anilines is 2. The number of allylic oxidation sites excluding steroid dienone is 2. The number of rotatable bonds is 8. The second-order valence-electron chi connectivity index (χ2n) is 15.7. The maximum Gasteiger partial charge on any atom is 0.260 e. The van der Waals surface area contributed by atoms with E-state index >= 15 is 9.59 Å². The molecule has 14 heteroatoms. The van der Waals surface area contributed by atoms with Gasteiger partial charge in [-0.1, -0.05) is 59.1 Å². The number of carbonyl (C=O) groups is 4. The van der Waals surface area contributed by atoms with Gasteiger partial charge >= 0.3 is 0 Å². The summed E-state index contributed by atoms with van der Waals surface area (Å²) in [4.78, 5) is 65.7. The Kier molecular flexibility index (Phi) is 9.19. The summed E-state index contributed by atoms with van der Waals surface area (Å²) in [5.74, 6) is -5.10. The van der Waals surface area contributed by atoms with Gasteiger partial charge in [-0.05, 0) is 109 Å². The van der Waals surface area contributed by atoms with E-state index in [4.69, 9.17) is 37.1 Å². The van der Waals surface area contributed by atoms with Crippen LogP contribution in [0.1, 0.15) is 29.9 Å². The molecule has 2 N–H and O–H groups in total. The molecule has 1 saturated carbocycles. The van der Waals surface area contributed by atoms with Crippen molar-refractivity contribution in [1.29, 1.82) is 0 Å². The van der Waals surface area contributed by atoms with E-state index in [0.29, 0.717) is 61.5 Å². The molecule has 0 spiro atoms. The minimum atomic E-state index is -1.67. The minimum Gasteiger partial charge on any atom is -0.508 e. The minimum absolute atomic E-state index is 0.0425. The lowest BCUT2D eigenvalue weighted by molar-refractivity contribution is -0.138. The summed E-state index contributed by atoms with van der Waals surface area (Å²) in [5, 5.41) is 13.3. The summed E-state index contributed by atoms with van der Waals surface area (Å²) < 4.78 is 17.1. The van der Waals surface area contributed by atoms with Crippen LogP contribution in [0.2, 0.25) is 10.0 Å². The predicted molar refractivity (Wildman–Crippen MR) is 227 cm³/mol. The maximum atomic E-state index is 15.6. The quantitative estimate of drug-likeness (QED) is 0.112. The summed E-state index contributed by atoms with van der Waals surface area (Å²) in [7, 11) is 3.03. The first-order valence-corrected chi connectivity index (χ1v) is 20.4. The number of nitrogens with zero attached hydrogens (tertiary/aromatic N) is 3. The third kappa shape index (κ3) is 5.83. The number of para-hydroxylation sites is 2. The topological polar surface area (TPSA) is 152 Å². The molecule has 6 atom stereocenters. The molecule has 2 aliphatic heterocycles. The number of nitrogens with one attached hydrogen (secondary N) is 1. The zero-order valence-corrected chi connectivity index (χ0v) is 34.2. The number of oxazole rings is 1. The summed E-state index contributed by atoms with van der Waals surface area (Å²) >= 11 is 12.8. The van der Waals surface area contributed by atoms with Crippen LogP contribution in [-0.4, -0.2) is 52.9 Å². The van der Waals surface area contributed by atoms with Gasteiger partial charge < -0.3 is 19.0 Å². The highest BCUT2D eigenvalue weighted by atomic mass is 35.5. The van der Waals surface area contributed by atoms with Crippen molar-refractivity contribution >= 4 is 69.3 Å². The van der Waals surface area contributed by atoms with E-state index in [0.717, 1.165) is 5.01 Å². The lowest BCUT2D eigenvalue weighted by Gasteiger charge is -2.50. The highest BCUT2D eigenvalue weighted by Gasteiger charge is 2.70. The molecule has 2 aliphatic carbocycles. The number of aromatic nitrogens is 1. The van der Waals surface area contributed by atoms with Crippen molar-refractivity contribution in [1.82, 2.24) is 9.99 Å². The van der Waals surface area contributed by atoms with E-state index in [2.05, 4.69) is 10.4 Å².